The molecule has 3 N–H and O–H groups in total. The lowest BCUT2D eigenvalue weighted by Gasteiger charge is -2.32. The zero-order valence-corrected chi connectivity index (χ0v) is 11.7. The number of urea groups is 1. The van der Waals surface area contributed by atoms with E-state index in [1.165, 1.54) is 6.20 Å². The molecule has 0 saturated carbocycles. The maximum atomic E-state index is 12.1. The number of aromatic nitrogens is 2. The highest BCUT2D eigenvalue weighted by molar-refractivity contribution is 5.96. The summed E-state index contributed by atoms with van der Waals surface area (Å²) in [6, 6.07) is -1.58. The first kappa shape index (κ1) is 14.8. The molecule has 0 aromatic carbocycles. The number of carbonyl (C=O) groups excluding carboxylic acids is 2. The van der Waals surface area contributed by atoms with Gasteiger partial charge in [0.25, 0.3) is 0 Å². The number of amides is 3. The lowest BCUT2D eigenvalue weighted by atomic mass is 10.2. The Balaban J connectivity index is 2.09. The van der Waals surface area contributed by atoms with Gasteiger partial charge >= 0.3 is 12.0 Å². The molecule has 2 rings (SSSR count). The summed E-state index contributed by atoms with van der Waals surface area (Å²) in [5.74, 6) is -1.55. The van der Waals surface area contributed by atoms with E-state index < -0.39 is 18.0 Å². The summed E-state index contributed by atoms with van der Waals surface area (Å²) < 4.78 is 1.66. The fourth-order valence-electron chi connectivity index (χ4n) is 1.96. The first-order valence-electron chi connectivity index (χ1n) is 6.49. The third-order valence-electron chi connectivity index (χ3n) is 3.11. The van der Waals surface area contributed by atoms with E-state index in [9.17, 15) is 14.4 Å². The van der Waals surface area contributed by atoms with Crippen LogP contribution in [0.1, 0.15) is 19.9 Å². The number of carbonyl (C=O) groups is 3. The third-order valence-corrected chi connectivity index (χ3v) is 3.11. The normalized spacial score (nSPS) is 18.5. The van der Waals surface area contributed by atoms with Crippen LogP contribution >= 0.6 is 0 Å². The van der Waals surface area contributed by atoms with Crippen LogP contribution in [0.2, 0.25) is 0 Å². The monoisotopic (exact) mass is 295 g/mol. The summed E-state index contributed by atoms with van der Waals surface area (Å²) in [4.78, 5) is 35.6. The molecule has 0 bridgehead atoms. The van der Waals surface area contributed by atoms with Crippen LogP contribution in [-0.4, -0.2) is 56.8 Å². The molecular weight excluding hydrogens is 278 g/mol. The zero-order chi connectivity index (χ0) is 15.6. The first-order chi connectivity index (χ1) is 9.88. The standard InChI is InChI=1S/C12H17N5O4/c1-7(2)17-5-8(3-14-17)15-12(21)16-6-10(18)13-4-9(16)11(19)20/h3,5,7,9H,4,6H2,1-2H3,(H,13,18)(H,15,21)(H,19,20). The topological polar surface area (TPSA) is 117 Å². The molecule has 0 radical (unpaired) electrons. The quantitative estimate of drug-likeness (QED) is 0.719. The van der Waals surface area contributed by atoms with Gasteiger partial charge < -0.3 is 15.7 Å². The van der Waals surface area contributed by atoms with Crippen LogP contribution in [0, 0.1) is 0 Å². The molecule has 1 fully saturated rings. The van der Waals surface area contributed by atoms with Crippen molar-refractivity contribution < 1.29 is 19.5 Å². The highest BCUT2D eigenvalue weighted by Crippen LogP contribution is 2.12. The Hall–Kier alpha value is -2.58. The number of aliphatic carboxylic acids is 1. The van der Waals surface area contributed by atoms with Crippen molar-refractivity contribution in [3.63, 3.8) is 0 Å². The van der Waals surface area contributed by atoms with E-state index in [-0.39, 0.29) is 25.0 Å². The molecular formula is C12H17N5O4. The number of carboxylic acid groups (broad SMARTS) is 1. The van der Waals surface area contributed by atoms with Gasteiger partial charge in [0.15, 0.2) is 0 Å². The number of rotatable bonds is 3. The first-order valence-corrected chi connectivity index (χ1v) is 6.49. The van der Waals surface area contributed by atoms with Crippen LogP contribution in [0.25, 0.3) is 0 Å². The van der Waals surface area contributed by atoms with Gasteiger partial charge in [-0.25, -0.2) is 9.59 Å². The van der Waals surface area contributed by atoms with E-state index in [0.717, 1.165) is 4.90 Å². The van der Waals surface area contributed by atoms with Crippen LogP contribution < -0.4 is 10.6 Å². The van der Waals surface area contributed by atoms with E-state index >= 15 is 0 Å². The Bertz CT molecular complexity index is 568. The molecule has 1 saturated heterocycles. The van der Waals surface area contributed by atoms with Gasteiger partial charge in [-0.2, -0.15) is 5.10 Å². The van der Waals surface area contributed by atoms with Crippen LogP contribution in [0.3, 0.4) is 0 Å². The number of carboxylic acids is 1. The van der Waals surface area contributed by atoms with Gasteiger partial charge in [-0.05, 0) is 13.8 Å². The Kier molecular flexibility index (Phi) is 4.10. The molecule has 114 valence electrons. The van der Waals surface area contributed by atoms with E-state index in [4.69, 9.17) is 5.11 Å². The second-order valence-electron chi connectivity index (χ2n) is 5.02. The average Bonchev–Trinajstić information content (AvgIpc) is 2.86. The molecule has 2 heterocycles. The number of nitrogens with zero attached hydrogens (tertiary/aromatic N) is 3. The van der Waals surface area contributed by atoms with E-state index in [0.29, 0.717) is 5.69 Å². The zero-order valence-electron chi connectivity index (χ0n) is 11.7. The van der Waals surface area contributed by atoms with Gasteiger partial charge in [-0.3, -0.25) is 14.4 Å². The molecule has 21 heavy (non-hydrogen) atoms. The number of anilines is 1. The molecule has 1 aromatic rings. The fourth-order valence-corrected chi connectivity index (χ4v) is 1.96. The number of nitrogens with one attached hydrogen (secondary N) is 2. The number of piperazine rings is 1. The molecule has 9 heteroatoms. The number of hydrogen-bond donors (Lipinski definition) is 3. The maximum Gasteiger partial charge on any atom is 0.328 e. The fraction of sp³-hybridized carbons (Fsp3) is 0.500. The molecule has 3 amide bonds. The predicted octanol–water partition coefficient (Wildman–Crippen LogP) is -0.119. The van der Waals surface area contributed by atoms with Crippen LogP contribution in [0.15, 0.2) is 12.4 Å². The van der Waals surface area contributed by atoms with Gasteiger partial charge in [0.05, 0.1) is 11.9 Å². The minimum atomic E-state index is -1.16. The molecule has 1 aliphatic rings. The van der Waals surface area contributed by atoms with Crippen LogP contribution in [-0.2, 0) is 9.59 Å². The highest BCUT2D eigenvalue weighted by atomic mass is 16.4. The summed E-state index contributed by atoms with van der Waals surface area (Å²) in [5, 5.41) is 18.1. The van der Waals surface area contributed by atoms with Crippen molar-refractivity contribution in [1.82, 2.24) is 20.0 Å². The van der Waals surface area contributed by atoms with Crippen molar-refractivity contribution in [1.29, 1.82) is 0 Å². The summed E-state index contributed by atoms with van der Waals surface area (Å²) in [5.41, 5.74) is 0.448. The van der Waals surface area contributed by atoms with Crippen molar-refractivity contribution in [3.05, 3.63) is 12.4 Å². The van der Waals surface area contributed by atoms with Gasteiger partial charge in [0.1, 0.15) is 12.6 Å². The molecule has 9 nitrogen and oxygen atoms in total. The van der Waals surface area contributed by atoms with Gasteiger partial charge in [0.2, 0.25) is 5.91 Å². The Morgan fingerprint density at radius 3 is 2.81 bits per heavy atom. The molecule has 1 atom stereocenters. The smallest absolute Gasteiger partial charge is 0.328 e. The maximum absolute atomic E-state index is 12.1. The van der Waals surface area contributed by atoms with E-state index in [1.807, 2.05) is 13.8 Å². The van der Waals surface area contributed by atoms with Gasteiger partial charge in [-0.1, -0.05) is 0 Å². The SMILES string of the molecule is CC(C)n1cc(NC(=O)N2CC(=O)NCC2C(=O)O)cn1. The van der Waals surface area contributed by atoms with Crippen molar-refractivity contribution in [3.8, 4) is 0 Å². The highest BCUT2D eigenvalue weighted by Gasteiger charge is 2.35. The minimum absolute atomic E-state index is 0.104. The van der Waals surface area contributed by atoms with Crippen molar-refractivity contribution in [2.24, 2.45) is 0 Å². The Labute approximate surface area is 120 Å². The van der Waals surface area contributed by atoms with Crippen molar-refractivity contribution >= 4 is 23.6 Å². The van der Waals surface area contributed by atoms with Crippen molar-refractivity contribution in [2.45, 2.75) is 25.9 Å². The lowest BCUT2D eigenvalue weighted by molar-refractivity contribution is -0.144. The number of hydrogen-bond acceptors (Lipinski definition) is 4. The lowest BCUT2D eigenvalue weighted by Crippen LogP contribution is -2.60. The molecule has 1 unspecified atom stereocenters. The molecule has 1 aromatic heterocycles. The van der Waals surface area contributed by atoms with E-state index in [2.05, 4.69) is 15.7 Å². The summed E-state index contributed by atoms with van der Waals surface area (Å²) in [6.45, 7) is 3.48. The second-order valence-corrected chi connectivity index (χ2v) is 5.02. The summed E-state index contributed by atoms with van der Waals surface area (Å²) in [7, 11) is 0. The minimum Gasteiger partial charge on any atom is -0.480 e. The van der Waals surface area contributed by atoms with Gasteiger partial charge in [-0.15, -0.1) is 0 Å². The molecule has 1 aliphatic heterocycles. The Morgan fingerprint density at radius 1 is 1.52 bits per heavy atom. The molecule has 0 aliphatic carbocycles. The Morgan fingerprint density at radius 2 is 2.24 bits per heavy atom. The van der Waals surface area contributed by atoms with E-state index in [1.54, 1.807) is 10.9 Å². The largest absolute Gasteiger partial charge is 0.480 e. The predicted molar refractivity (Wildman–Crippen MR) is 72.8 cm³/mol. The van der Waals surface area contributed by atoms with Crippen molar-refractivity contribution in [2.75, 3.05) is 18.4 Å². The van der Waals surface area contributed by atoms with Gasteiger partial charge in [0, 0.05) is 18.8 Å². The average molecular weight is 295 g/mol. The van der Waals surface area contributed by atoms with Crippen LogP contribution in [0.5, 0.6) is 0 Å². The summed E-state index contributed by atoms with van der Waals surface area (Å²) in [6.07, 6.45) is 3.11. The third kappa shape index (κ3) is 3.30. The van der Waals surface area contributed by atoms with Crippen LogP contribution in [0.4, 0.5) is 10.5 Å². The summed E-state index contributed by atoms with van der Waals surface area (Å²) >= 11 is 0. The second kappa shape index (κ2) is 5.81. The molecule has 0 spiro atoms.